The summed E-state index contributed by atoms with van der Waals surface area (Å²) in [7, 11) is 0. The predicted octanol–water partition coefficient (Wildman–Crippen LogP) is 4.41. The van der Waals surface area contributed by atoms with Crippen LogP contribution < -0.4 is 4.74 Å². The standard InChI is InChI=1S/C18H20O2/c1-13(19)17-8-4-5-9-18(17)20-16-11-10-14-6-2-3-7-15(14)12-16/h4-5,8-13,19H,2-3,6-7H2,1H3/t13-/m0/s1. The van der Waals surface area contributed by atoms with Gasteiger partial charge in [0.2, 0.25) is 0 Å². The van der Waals surface area contributed by atoms with E-state index in [1.54, 1.807) is 6.92 Å². The first-order valence-corrected chi connectivity index (χ1v) is 7.30. The monoisotopic (exact) mass is 268 g/mol. The first-order chi connectivity index (χ1) is 9.74. The van der Waals surface area contributed by atoms with Crippen molar-refractivity contribution in [1.29, 1.82) is 0 Å². The summed E-state index contributed by atoms with van der Waals surface area (Å²) in [4.78, 5) is 0. The zero-order valence-corrected chi connectivity index (χ0v) is 11.8. The van der Waals surface area contributed by atoms with E-state index in [0.29, 0.717) is 0 Å². The number of benzene rings is 2. The van der Waals surface area contributed by atoms with Crippen molar-refractivity contribution >= 4 is 0 Å². The minimum absolute atomic E-state index is 0.524. The molecule has 2 heteroatoms. The van der Waals surface area contributed by atoms with Crippen LogP contribution in [0.4, 0.5) is 0 Å². The maximum atomic E-state index is 9.79. The van der Waals surface area contributed by atoms with Crippen molar-refractivity contribution in [1.82, 2.24) is 0 Å². The van der Waals surface area contributed by atoms with Gasteiger partial charge in [-0.15, -0.1) is 0 Å². The molecule has 104 valence electrons. The second-order valence-corrected chi connectivity index (χ2v) is 5.45. The van der Waals surface area contributed by atoms with Crippen molar-refractivity contribution in [2.45, 2.75) is 38.7 Å². The fourth-order valence-corrected chi connectivity index (χ4v) is 2.82. The zero-order chi connectivity index (χ0) is 13.9. The van der Waals surface area contributed by atoms with Gasteiger partial charge in [0.1, 0.15) is 11.5 Å². The SMILES string of the molecule is C[C@H](O)c1ccccc1Oc1ccc2c(c1)CCCC2. The lowest BCUT2D eigenvalue weighted by Gasteiger charge is -2.18. The molecular weight excluding hydrogens is 248 g/mol. The molecule has 3 rings (SSSR count). The van der Waals surface area contributed by atoms with Crippen molar-refractivity contribution in [2.75, 3.05) is 0 Å². The van der Waals surface area contributed by atoms with Crippen LogP contribution in [-0.2, 0) is 12.8 Å². The van der Waals surface area contributed by atoms with E-state index in [1.807, 2.05) is 30.3 Å². The highest BCUT2D eigenvalue weighted by molar-refractivity contribution is 5.42. The number of aryl methyl sites for hydroxylation is 2. The molecule has 0 aliphatic heterocycles. The van der Waals surface area contributed by atoms with Gasteiger partial charge >= 0.3 is 0 Å². The Bertz CT molecular complexity index is 602. The molecule has 20 heavy (non-hydrogen) atoms. The Balaban J connectivity index is 1.88. The summed E-state index contributed by atoms with van der Waals surface area (Å²) in [6, 6.07) is 14.0. The van der Waals surface area contributed by atoms with E-state index < -0.39 is 6.10 Å². The van der Waals surface area contributed by atoms with Crippen LogP contribution in [0.25, 0.3) is 0 Å². The molecule has 0 bridgehead atoms. The predicted molar refractivity (Wildman–Crippen MR) is 80.2 cm³/mol. The molecule has 0 radical (unpaired) electrons. The van der Waals surface area contributed by atoms with E-state index in [9.17, 15) is 5.11 Å². The number of hydrogen-bond acceptors (Lipinski definition) is 2. The highest BCUT2D eigenvalue weighted by atomic mass is 16.5. The van der Waals surface area contributed by atoms with Crippen LogP contribution in [0.3, 0.4) is 0 Å². The molecule has 1 N–H and O–H groups in total. The molecule has 0 saturated carbocycles. The van der Waals surface area contributed by atoms with Crippen LogP contribution in [0.5, 0.6) is 11.5 Å². The van der Waals surface area contributed by atoms with E-state index in [-0.39, 0.29) is 0 Å². The van der Waals surface area contributed by atoms with Gasteiger partial charge in [0.05, 0.1) is 6.10 Å². The van der Waals surface area contributed by atoms with Crippen LogP contribution in [-0.4, -0.2) is 5.11 Å². The van der Waals surface area contributed by atoms with E-state index in [4.69, 9.17) is 4.74 Å². The third kappa shape index (κ3) is 2.70. The van der Waals surface area contributed by atoms with Gasteiger partial charge < -0.3 is 9.84 Å². The van der Waals surface area contributed by atoms with Crippen LogP contribution in [0.2, 0.25) is 0 Å². The molecule has 2 aromatic rings. The topological polar surface area (TPSA) is 29.5 Å². The lowest BCUT2D eigenvalue weighted by molar-refractivity contribution is 0.195. The van der Waals surface area contributed by atoms with Gasteiger partial charge in [-0.25, -0.2) is 0 Å². The molecule has 1 atom stereocenters. The quantitative estimate of drug-likeness (QED) is 0.893. The molecule has 1 aliphatic rings. The Labute approximate surface area is 120 Å². The van der Waals surface area contributed by atoms with E-state index in [0.717, 1.165) is 23.5 Å². The lowest BCUT2D eigenvalue weighted by atomic mass is 9.92. The Morgan fingerprint density at radius 3 is 2.55 bits per heavy atom. The molecule has 1 aliphatic carbocycles. The normalized spacial score (nSPS) is 15.5. The van der Waals surface area contributed by atoms with Gasteiger partial charge in [-0.3, -0.25) is 0 Å². The molecule has 0 aromatic heterocycles. The Kier molecular flexibility index (Phi) is 3.75. The van der Waals surface area contributed by atoms with Gasteiger partial charge in [-0.2, -0.15) is 0 Å². The summed E-state index contributed by atoms with van der Waals surface area (Å²) in [5.74, 6) is 1.59. The van der Waals surface area contributed by atoms with Gasteiger partial charge in [0, 0.05) is 5.56 Å². The van der Waals surface area contributed by atoms with E-state index >= 15 is 0 Å². The molecule has 2 aromatic carbocycles. The Morgan fingerprint density at radius 1 is 1.00 bits per heavy atom. The number of aliphatic hydroxyl groups excluding tert-OH is 1. The summed E-state index contributed by atoms with van der Waals surface area (Å²) in [5.41, 5.74) is 3.68. The van der Waals surface area contributed by atoms with Crippen LogP contribution in [0, 0.1) is 0 Å². The fraction of sp³-hybridized carbons (Fsp3) is 0.333. The van der Waals surface area contributed by atoms with E-state index in [2.05, 4.69) is 12.1 Å². The largest absolute Gasteiger partial charge is 0.457 e. The summed E-state index contributed by atoms with van der Waals surface area (Å²) in [5, 5.41) is 9.79. The molecule has 0 heterocycles. The lowest BCUT2D eigenvalue weighted by Crippen LogP contribution is -2.02. The third-order valence-corrected chi connectivity index (χ3v) is 3.92. The highest BCUT2D eigenvalue weighted by Crippen LogP contribution is 2.32. The Hall–Kier alpha value is -1.80. The number of fused-ring (bicyclic) bond motifs is 1. The van der Waals surface area contributed by atoms with E-state index in [1.165, 1.54) is 30.4 Å². The summed E-state index contributed by atoms with van der Waals surface area (Å²) >= 11 is 0. The molecule has 0 spiro atoms. The van der Waals surface area contributed by atoms with Crippen LogP contribution in [0.15, 0.2) is 42.5 Å². The van der Waals surface area contributed by atoms with Gasteiger partial charge in [-0.05, 0) is 61.9 Å². The molecular formula is C18H20O2. The van der Waals surface area contributed by atoms with Crippen molar-refractivity contribution in [2.24, 2.45) is 0 Å². The third-order valence-electron chi connectivity index (χ3n) is 3.92. The van der Waals surface area contributed by atoms with Gasteiger partial charge in [0.15, 0.2) is 0 Å². The summed E-state index contributed by atoms with van der Waals surface area (Å²) < 4.78 is 5.98. The average molecular weight is 268 g/mol. The minimum atomic E-state index is -0.524. The summed E-state index contributed by atoms with van der Waals surface area (Å²) in [6.07, 6.45) is 4.35. The van der Waals surface area contributed by atoms with Gasteiger partial charge in [0.25, 0.3) is 0 Å². The van der Waals surface area contributed by atoms with Crippen molar-refractivity contribution < 1.29 is 9.84 Å². The molecule has 0 unspecified atom stereocenters. The number of para-hydroxylation sites is 1. The molecule has 0 fully saturated rings. The highest BCUT2D eigenvalue weighted by Gasteiger charge is 2.12. The number of hydrogen-bond donors (Lipinski definition) is 1. The smallest absolute Gasteiger partial charge is 0.133 e. The molecule has 2 nitrogen and oxygen atoms in total. The van der Waals surface area contributed by atoms with Crippen molar-refractivity contribution in [3.63, 3.8) is 0 Å². The van der Waals surface area contributed by atoms with Crippen LogP contribution >= 0.6 is 0 Å². The first kappa shape index (κ1) is 13.2. The minimum Gasteiger partial charge on any atom is -0.457 e. The van der Waals surface area contributed by atoms with Crippen molar-refractivity contribution in [3.8, 4) is 11.5 Å². The average Bonchev–Trinajstić information content (AvgIpc) is 2.47. The number of aliphatic hydroxyl groups is 1. The van der Waals surface area contributed by atoms with Crippen LogP contribution in [0.1, 0.15) is 42.6 Å². The maximum absolute atomic E-state index is 9.79. The second kappa shape index (κ2) is 5.68. The zero-order valence-electron chi connectivity index (χ0n) is 11.8. The fourth-order valence-electron chi connectivity index (χ4n) is 2.82. The van der Waals surface area contributed by atoms with Crippen molar-refractivity contribution in [3.05, 3.63) is 59.2 Å². The number of ether oxygens (including phenoxy) is 1. The van der Waals surface area contributed by atoms with Gasteiger partial charge in [-0.1, -0.05) is 24.3 Å². The summed E-state index contributed by atoms with van der Waals surface area (Å²) in [6.45, 7) is 1.76. The molecule has 0 saturated heterocycles. The first-order valence-electron chi connectivity index (χ1n) is 7.30. The number of rotatable bonds is 3. The Morgan fingerprint density at radius 2 is 1.75 bits per heavy atom. The maximum Gasteiger partial charge on any atom is 0.133 e. The second-order valence-electron chi connectivity index (χ2n) is 5.45. The molecule has 0 amide bonds.